The summed E-state index contributed by atoms with van der Waals surface area (Å²) in [6, 6.07) is 31.3. The van der Waals surface area contributed by atoms with Crippen LogP contribution in [0.3, 0.4) is 0 Å². The molecule has 0 atom stereocenters. The van der Waals surface area contributed by atoms with Gasteiger partial charge in [-0.3, -0.25) is 4.79 Å². The first kappa shape index (κ1) is 16.9. The van der Waals surface area contributed by atoms with Crippen LogP contribution in [0.2, 0.25) is 0 Å². The molecule has 4 rings (SSSR count). The standard InChI is InChI=1S/C25H19NO/c1-18-16-17-19-10-8-9-15-22(19)23(18)26-24(20-11-4-2-5-12-20)25(27)21-13-6-3-7-14-21/h2-17H,1H3. The third-order valence-corrected chi connectivity index (χ3v) is 4.62. The Kier molecular flexibility index (Phi) is 4.63. The predicted molar refractivity (Wildman–Crippen MR) is 112 cm³/mol. The first-order valence-corrected chi connectivity index (χ1v) is 8.96. The number of ketones is 1. The molecule has 0 bridgehead atoms. The average Bonchev–Trinajstić information content (AvgIpc) is 2.74. The van der Waals surface area contributed by atoms with Gasteiger partial charge in [-0.1, -0.05) is 97.1 Å². The summed E-state index contributed by atoms with van der Waals surface area (Å²) in [4.78, 5) is 18.2. The average molecular weight is 349 g/mol. The van der Waals surface area contributed by atoms with Gasteiger partial charge in [-0.25, -0.2) is 4.99 Å². The van der Waals surface area contributed by atoms with E-state index in [2.05, 4.69) is 24.3 Å². The van der Waals surface area contributed by atoms with Gasteiger partial charge in [0.25, 0.3) is 0 Å². The van der Waals surface area contributed by atoms with Crippen LogP contribution in [0.25, 0.3) is 10.8 Å². The molecule has 4 aromatic carbocycles. The molecule has 0 N–H and O–H groups in total. The van der Waals surface area contributed by atoms with Gasteiger partial charge >= 0.3 is 0 Å². The Labute approximate surface area is 158 Å². The van der Waals surface area contributed by atoms with Crippen molar-refractivity contribution in [1.29, 1.82) is 0 Å². The van der Waals surface area contributed by atoms with Crippen molar-refractivity contribution in [2.75, 3.05) is 0 Å². The van der Waals surface area contributed by atoms with E-state index in [0.717, 1.165) is 27.6 Å². The van der Waals surface area contributed by atoms with Crippen molar-refractivity contribution in [2.24, 2.45) is 4.99 Å². The zero-order valence-corrected chi connectivity index (χ0v) is 15.1. The van der Waals surface area contributed by atoms with Crippen molar-refractivity contribution in [3.8, 4) is 0 Å². The number of hydrogen-bond acceptors (Lipinski definition) is 2. The minimum Gasteiger partial charge on any atom is -0.287 e. The zero-order chi connectivity index (χ0) is 18.6. The quantitative estimate of drug-likeness (QED) is 0.321. The van der Waals surface area contributed by atoms with Gasteiger partial charge < -0.3 is 0 Å². The topological polar surface area (TPSA) is 29.4 Å². The monoisotopic (exact) mass is 349 g/mol. The van der Waals surface area contributed by atoms with Crippen molar-refractivity contribution in [3.05, 3.63) is 114 Å². The van der Waals surface area contributed by atoms with Crippen molar-refractivity contribution in [3.63, 3.8) is 0 Å². The summed E-state index contributed by atoms with van der Waals surface area (Å²) >= 11 is 0. The fourth-order valence-corrected chi connectivity index (χ4v) is 3.19. The largest absolute Gasteiger partial charge is 0.287 e. The van der Waals surface area contributed by atoms with E-state index in [9.17, 15) is 4.79 Å². The van der Waals surface area contributed by atoms with Gasteiger partial charge in [0.2, 0.25) is 5.78 Å². The first-order chi connectivity index (χ1) is 13.2. The van der Waals surface area contributed by atoms with Gasteiger partial charge in [0.05, 0.1) is 5.69 Å². The smallest absolute Gasteiger partial charge is 0.211 e. The Balaban J connectivity index is 1.95. The van der Waals surface area contributed by atoms with E-state index in [1.165, 1.54) is 0 Å². The summed E-state index contributed by atoms with van der Waals surface area (Å²) in [5.74, 6) is -0.0749. The highest BCUT2D eigenvalue weighted by molar-refractivity contribution is 6.52. The third kappa shape index (κ3) is 3.42. The molecule has 2 heteroatoms. The fourth-order valence-electron chi connectivity index (χ4n) is 3.19. The summed E-state index contributed by atoms with van der Waals surface area (Å²) < 4.78 is 0. The molecule has 0 spiro atoms. The Bertz CT molecular complexity index is 1130. The van der Waals surface area contributed by atoms with Crippen LogP contribution < -0.4 is 0 Å². The molecule has 0 heterocycles. The summed E-state index contributed by atoms with van der Waals surface area (Å²) in [6.07, 6.45) is 0. The summed E-state index contributed by atoms with van der Waals surface area (Å²) in [5.41, 5.74) is 3.80. The van der Waals surface area contributed by atoms with E-state index in [4.69, 9.17) is 4.99 Å². The third-order valence-electron chi connectivity index (χ3n) is 4.62. The summed E-state index contributed by atoms with van der Waals surface area (Å²) in [7, 11) is 0. The maximum atomic E-state index is 13.3. The lowest BCUT2D eigenvalue weighted by molar-refractivity contribution is 0.106. The summed E-state index contributed by atoms with van der Waals surface area (Å²) in [5, 5.41) is 2.16. The molecule has 0 aliphatic rings. The minimum absolute atomic E-state index is 0.0749. The molecule has 130 valence electrons. The number of fused-ring (bicyclic) bond motifs is 1. The molecular weight excluding hydrogens is 330 g/mol. The van der Waals surface area contributed by atoms with Crippen molar-refractivity contribution < 1.29 is 4.79 Å². The van der Waals surface area contributed by atoms with Crippen LogP contribution in [-0.4, -0.2) is 11.5 Å². The maximum absolute atomic E-state index is 13.3. The first-order valence-electron chi connectivity index (χ1n) is 8.96. The fraction of sp³-hybridized carbons (Fsp3) is 0.0400. The van der Waals surface area contributed by atoms with Gasteiger partial charge in [-0.2, -0.15) is 0 Å². The molecule has 0 aromatic heterocycles. The number of nitrogens with zero attached hydrogens (tertiary/aromatic N) is 1. The van der Waals surface area contributed by atoms with Crippen LogP contribution in [0.15, 0.2) is 102 Å². The van der Waals surface area contributed by atoms with Crippen LogP contribution in [0, 0.1) is 6.92 Å². The lowest BCUT2D eigenvalue weighted by Crippen LogP contribution is -2.15. The molecular formula is C25H19NO. The number of aliphatic imine (C=N–C) groups is 1. The highest BCUT2D eigenvalue weighted by atomic mass is 16.1. The van der Waals surface area contributed by atoms with Crippen LogP contribution >= 0.6 is 0 Å². The van der Waals surface area contributed by atoms with Gasteiger partial charge in [0.15, 0.2) is 0 Å². The summed E-state index contributed by atoms with van der Waals surface area (Å²) in [6.45, 7) is 2.03. The van der Waals surface area contributed by atoms with Gasteiger partial charge in [0.1, 0.15) is 5.71 Å². The lowest BCUT2D eigenvalue weighted by Gasteiger charge is -2.10. The van der Waals surface area contributed by atoms with Gasteiger partial charge in [-0.05, 0) is 17.9 Å². The van der Waals surface area contributed by atoms with Crippen molar-refractivity contribution >= 4 is 28.0 Å². The molecule has 0 amide bonds. The molecule has 0 unspecified atom stereocenters. The number of carbonyl (C=O) groups excluding carboxylic acids is 1. The van der Waals surface area contributed by atoms with Crippen LogP contribution in [0.1, 0.15) is 21.5 Å². The van der Waals surface area contributed by atoms with Crippen molar-refractivity contribution in [1.82, 2.24) is 0 Å². The van der Waals surface area contributed by atoms with Crippen molar-refractivity contribution in [2.45, 2.75) is 6.92 Å². The normalized spacial score (nSPS) is 11.5. The zero-order valence-electron chi connectivity index (χ0n) is 15.1. The molecule has 0 fully saturated rings. The number of rotatable bonds is 4. The molecule has 0 saturated heterocycles. The van der Waals surface area contributed by atoms with Gasteiger partial charge in [0, 0.05) is 16.5 Å². The molecule has 27 heavy (non-hydrogen) atoms. The Hall–Kier alpha value is -3.52. The van der Waals surface area contributed by atoms with E-state index in [-0.39, 0.29) is 5.78 Å². The van der Waals surface area contributed by atoms with Crippen LogP contribution in [-0.2, 0) is 0 Å². The van der Waals surface area contributed by atoms with E-state index in [1.54, 1.807) is 0 Å². The SMILES string of the molecule is Cc1ccc2ccccc2c1N=C(C(=O)c1ccccc1)c1ccccc1. The second-order valence-electron chi connectivity index (χ2n) is 6.47. The number of Topliss-reactive ketones (excluding diaryl/α,β-unsaturated/α-hetero) is 1. The van der Waals surface area contributed by atoms with E-state index >= 15 is 0 Å². The predicted octanol–water partition coefficient (Wildman–Crippen LogP) is 6.15. The van der Waals surface area contributed by atoms with E-state index < -0.39 is 0 Å². The van der Waals surface area contributed by atoms with Crippen LogP contribution in [0.5, 0.6) is 0 Å². The number of benzene rings is 4. The molecule has 4 aromatic rings. The molecule has 2 nitrogen and oxygen atoms in total. The number of carbonyl (C=O) groups is 1. The second-order valence-corrected chi connectivity index (χ2v) is 6.47. The van der Waals surface area contributed by atoms with Gasteiger partial charge in [-0.15, -0.1) is 0 Å². The minimum atomic E-state index is -0.0749. The highest BCUT2D eigenvalue weighted by Gasteiger charge is 2.17. The molecule has 0 aliphatic carbocycles. The van der Waals surface area contributed by atoms with E-state index in [1.807, 2.05) is 79.7 Å². The van der Waals surface area contributed by atoms with E-state index in [0.29, 0.717) is 11.3 Å². The van der Waals surface area contributed by atoms with Crippen LogP contribution in [0.4, 0.5) is 5.69 Å². The second kappa shape index (κ2) is 7.38. The lowest BCUT2D eigenvalue weighted by atomic mass is 9.99. The Morgan fingerprint density at radius 1 is 0.667 bits per heavy atom. The Morgan fingerprint density at radius 2 is 1.26 bits per heavy atom. The molecule has 0 radical (unpaired) electrons. The molecule has 0 saturated carbocycles. The molecule has 0 aliphatic heterocycles. The number of aryl methyl sites for hydroxylation is 1. The Morgan fingerprint density at radius 3 is 1.96 bits per heavy atom. The number of hydrogen-bond donors (Lipinski definition) is 0. The maximum Gasteiger partial charge on any atom is 0.211 e. The highest BCUT2D eigenvalue weighted by Crippen LogP contribution is 2.30.